The normalized spacial score (nSPS) is 30.8. The summed E-state index contributed by atoms with van der Waals surface area (Å²) in [5.41, 5.74) is 0. The van der Waals surface area contributed by atoms with Gasteiger partial charge in [-0.05, 0) is 34.7 Å². The molecule has 0 amide bonds. The minimum atomic E-state index is 0.655. The zero-order valence-corrected chi connectivity index (χ0v) is 8.92. The van der Waals surface area contributed by atoms with Crippen molar-refractivity contribution in [3.63, 3.8) is 0 Å². The first-order chi connectivity index (χ1) is 6.36. The Morgan fingerprint density at radius 3 is 3.38 bits per heavy atom. The number of aromatic nitrogens is 2. The molecule has 1 aliphatic heterocycles. The van der Waals surface area contributed by atoms with Crippen LogP contribution in [0.15, 0.2) is 10.7 Å². The monoisotopic (exact) mass is 241 g/mol. The Morgan fingerprint density at radius 2 is 2.46 bits per heavy atom. The SMILES string of the molecule is Brc1cnn2c1NCC1CCCC12. The van der Waals surface area contributed by atoms with Gasteiger partial charge in [0.1, 0.15) is 5.82 Å². The number of fused-ring (bicyclic) bond motifs is 3. The van der Waals surface area contributed by atoms with Crippen molar-refractivity contribution in [2.45, 2.75) is 25.3 Å². The van der Waals surface area contributed by atoms with Gasteiger partial charge in [0.2, 0.25) is 0 Å². The molecule has 1 saturated carbocycles. The summed E-state index contributed by atoms with van der Waals surface area (Å²) in [6.07, 6.45) is 5.90. The molecule has 3 rings (SSSR count). The maximum absolute atomic E-state index is 4.41. The Kier molecular flexibility index (Phi) is 1.65. The predicted octanol–water partition coefficient (Wildman–Crippen LogP) is 2.41. The topological polar surface area (TPSA) is 29.9 Å². The predicted molar refractivity (Wildman–Crippen MR) is 54.8 cm³/mol. The Labute approximate surface area is 85.6 Å². The highest BCUT2D eigenvalue weighted by molar-refractivity contribution is 9.10. The van der Waals surface area contributed by atoms with Crippen LogP contribution in [0, 0.1) is 5.92 Å². The van der Waals surface area contributed by atoms with Crippen molar-refractivity contribution in [3.8, 4) is 0 Å². The Hall–Kier alpha value is -0.510. The number of rotatable bonds is 0. The molecular weight excluding hydrogens is 230 g/mol. The molecule has 2 unspecified atom stereocenters. The van der Waals surface area contributed by atoms with Crippen LogP contribution in [0.25, 0.3) is 0 Å². The fraction of sp³-hybridized carbons (Fsp3) is 0.667. The number of nitrogens with zero attached hydrogens (tertiary/aromatic N) is 2. The second-order valence-electron chi connectivity index (χ2n) is 3.92. The van der Waals surface area contributed by atoms with Crippen LogP contribution in [-0.4, -0.2) is 16.3 Å². The van der Waals surface area contributed by atoms with E-state index in [4.69, 9.17) is 0 Å². The van der Waals surface area contributed by atoms with Gasteiger partial charge in [0, 0.05) is 6.54 Å². The lowest BCUT2D eigenvalue weighted by Gasteiger charge is -2.28. The Bertz CT molecular complexity index is 334. The summed E-state index contributed by atoms with van der Waals surface area (Å²) in [5.74, 6) is 1.97. The first-order valence-corrected chi connectivity index (χ1v) is 5.62. The molecule has 0 radical (unpaired) electrons. The van der Waals surface area contributed by atoms with Crippen molar-refractivity contribution in [1.82, 2.24) is 9.78 Å². The van der Waals surface area contributed by atoms with Crippen LogP contribution in [-0.2, 0) is 0 Å². The molecule has 13 heavy (non-hydrogen) atoms. The Morgan fingerprint density at radius 1 is 1.54 bits per heavy atom. The van der Waals surface area contributed by atoms with Gasteiger partial charge >= 0.3 is 0 Å². The molecule has 1 aliphatic carbocycles. The molecular formula is C9H12BrN3. The lowest BCUT2D eigenvalue weighted by Crippen LogP contribution is -2.29. The van der Waals surface area contributed by atoms with Crippen molar-refractivity contribution in [3.05, 3.63) is 10.7 Å². The van der Waals surface area contributed by atoms with E-state index < -0.39 is 0 Å². The van der Waals surface area contributed by atoms with Gasteiger partial charge in [0.25, 0.3) is 0 Å². The van der Waals surface area contributed by atoms with Crippen LogP contribution < -0.4 is 5.32 Å². The molecule has 0 spiro atoms. The third kappa shape index (κ3) is 1.04. The van der Waals surface area contributed by atoms with E-state index in [-0.39, 0.29) is 0 Å². The van der Waals surface area contributed by atoms with Crippen LogP contribution in [0.3, 0.4) is 0 Å². The second kappa shape index (κ2) is 2.74. The molecule has 70 valence electrons. The molecule has 0 saturated heterocycles. The molecule has 2 atom stereocenters. The third-order valence-corrected chi connectivity index (χ3v) is 3.80. The first-order valence-electron chi connectivity index (χ1n) is 4.83. The van der Waals surface area contributed by atoms with Crippen molar-refractivity contribution < 1.29 is 0 Å². The van der Waals surface area contributed by atoms with Crippen molar-refractivity contribution in [2.24, 2.45) is 5.92 Å². The molecule has 3 nitrogen and oxygen atoms in total. The van der Waals surface area contributed by atoms with Gasteiger partial charge in [0.05, 0.1) is 16.7 Å². The number of halogens is 1. The minimum Gasteiger partial charge on any atom is -0.369 e. The maximum atomic E-state index is 4.41. The van der Waals surface area contributed by atoms with E-state index in [9.17, 15) is 0 Å². The van der Waals surface area contributed by atoms with Gasteiger partial charge in [-0.2, -0.15) is 5.10 Å². The molecule has 2 heterocycles. The molecule has 1 aromatic rings. The van der Waals surface area contributed by atoms with Crippen LogP contribution >= 0.6 is 15.9 Å². The van der Waals surface area contributed by atoms with Gasteiger partial charge < -0.3 is 5.32 Å². The summed E-state index contributed by atoms with van der Waals surface area (Å²) in [6, 6.07) is 0.655. The fourth-order valence-corrected chi connectivity index (χ4v) is 2.98. The molecule has 1 N–H and O–H groups in total. The van der Waals surface area contributed by atoms with Crippen LogP contribution in [0.1, 0.15) is 25.3 Å². The molecule has 1 aromatic heterocycles. The van der Waals surface area contributed by atoms with E-state index in [1.165, 1.54) is 25.1 Å². The van der Waals surface area contributed by atoms with Crippen molar-refractivity contribution in [1.29, 1.82) is 0 Å². The smallest absolute Gasteiger partial charge is 0.139 e. The highest BCUT2D eigenvalue weighted by atomic mass is 79.9. The van der Waals surface area contributed by atoms with Crippen molar-refractivity contribution >= 4 is 21.7 Å². The lowest BCUT2D eigenvalue weighted by molar-refractivity contribution is 0.347. The van der Waals surface area contributed by atoms with Crippen LogP contribution in [0.4, 0.5) is 5.82 Å². The fourth-order valence-electron chi connectivity index (χ4n) is 2.56. The van der Waals surface area contributed by atoms with E-state index in [0.29, 0.717) is 6.04 Å². The molecule has 0 bridgehead atoms. The highest BCUT2D eigenvalue weighted by Gasteiger charge is 2.34. The van der Waals surface area contributed by atoms with Gasteiger partial charge in [-0.15, -0.1) is 0 Å². The lowest BCUT2D eigenvalue weighted by atomic mass is 10.0. The summed E-state index contributed by atoms with van der Waals surface area (Å²) >= 11 is 3.50. The van der Waals surface area contributed by atoms with E-state index in [0.717, 1.165) is 16.9 Å². The minimum absolute atomic E-state index is 0.655. The third-order valence-electron chi connectivity index (χ3n) is 3.22. The highest BCUT2D eigenvalue weighted by Crippen LogP contribution is 2.41. The first kappa shape index (κ1) is 7.85. The van der Waals surface area contributed by atoms with Gasteiger partial charge in [-0.1, -0.05) is 6.42 Å². The van der Waals surface area contributed by atoms with Crippen LogP contribution in [0.5, 0.6) is 0 Å². The van der Waals surface area contributed by atoms with E-state index >= 15 is 0 Å². The summed E-state index contributed by atoms with van der Waals surface area (Å²) in [6.45, 7) is 1.12. The maximum Gasteiger partial charge on any atom is 0.139 e. The zero-order valence-electron chi connectivity index (χ0n) is 7.33. The van der Waals surface area contributed by atoms with Crippen LogP contribution in [0.2, 0.25) is 0 Å². The molecule has 2 aliphatic rings. The second-order valence-corrected chi connectivity index (χ2v) is 4.78. The summed E-state index contributed by atoms with van der Waals surface area (Å²) in [4.78, 5) is 0. The Balaban J connectivity index is 2.06. The quantitative estimate of drug-likeness (QED) is 0.757. The van der Waals surface area contributed by atoms with E-state index in [2.05, 4.69) is 31.0 Å². The number of nitrogens with one attached hydrogen (secondary N) is 1. The van der Waals surface area contributed by atoms with Crippen molar-refractivity contribution in [2.75, 3.05) is 11.9 Å². The zero-order chi connectivity index (χ0) is 8.84. The van der Waals surface area contributed by atoms with E-state index in [1.54, 1.807) is 0 Å². The molecule has 1 fully saturated rings. The average Bonchev–Trinajstić information content (AvgIpc) is 2.70. The summed E-state index contributed by atoms with van der Waals surface area (Å²) in [7, 11) is 0. The average molecular weight is 242 g/mol. The van der Waals surface area contributed by atoms with E-state index in [1.807, 2.05) is 6.20 Å². The largest absolute Gasteiger partial charge is 0.369 e. The molecule has 4 heteroatoms. The van der Waals surface area contributed by atoms with Gasteiger partial charge in [-0.3, -0.25) is 0 Å². The number of hydrogen-bond acceptors (Lipinski definition) is 2. The number of anilines is 1. The molecule has 0 aromatic carbocycles. The number of hydrogen-bond donors (Lipinski definition) is 1. The summed E-state index contributed by atoms with van der Waals surface area (Å²) in [5, 5.41) is 7.84. The van der Waals surface area contributed by atoms with Gasteiger partial charge in [-0.25, -0.2) is 4.68 Å². The summed E-state index contributed by atoms with van der Waals surface area (Å²) < 4.78 is 3.25. The standard InChI is InChI=1S/C9H12BrN3/c10-7-5-12-13-8-3-1-2-6(8)4-11-9(7)13/h5-6,8,11H,1-4H2. The van der Waals surface area contributed by atoms with Gasteiger partial charge in [0.15, 0.2) is 0 Å².